The molecule has 86 valence electrons. The van der Waals surface area contributed by atoms with Crippen molar-refractivity contribution in [2.75, 3.05) is 0 Å². The number of carbonyl (C=O) groups excluding carboxylic acids is 1. The number of hydrogen-bond acceptors (Lipinski definition) is 3. The Balaban J connectivity index is 2.03. The molecule has 2 rings (SSSR count). The van der Waals surface area contributed by atoms with E-state index in [0.29, 0.717) is 6.42 Å². The average molecular weight is 213 g/mol. The number of amides is 1. The number of fused-ring (bicyclic) bond motifs is 2. The molecular formula is C11H19NO3. The average Bonchev–Trinajstić information content (AvgIpc) is 2.55. The molecule has 2 bridgehead atoms. The van der Waals surface area contributed by atoms with Gasteiger partial charge in [0.15, 0.2) is 0 Å². The molecule has 0 unspecified atom stereocenters. The van der Waals surface area contributed by atoms with Crippen LogP contribution in [-0.4, -0.2) is 39.9 Å². The predicted octanol–water partition coefficient (Wildman–Crippen LogP) is 1.52. The molecule has 15 heavy (non-hydrogen) atoms. The highest BCUT2D eigenvalue weighted by molar-refractivity contribution is 5.70. The molecule has 0 saturated carbocycles. The standard InChI is InChI=1S/C11H19NO3/c1-11(2,3)15-10(14)12-7-4-5-8(12)9(13)6-7/h7-9,13H,4-6H2,1-3H3/t7-,8-,9-/m0/s1. The second kappa shape index (κ2) is 3.37. The van der Waals surface area contributed by atoms with E-state index in [9.17, 15) is 9.90 Å². The van der Waals surface area contributed by atoms with Crippen LogP contribution >= 0.6 is 0 Å². The summed E-state index contributed by atoms with van der Waals surface area (Å²) in [6.45, 7) is 5.58. The van der Waals surface area contributed by atoms with E-state index in [0.717, 1.165) is 12.8 Å². The normalized spacial score (nSPS) is 34.7. The molecule has 1 amide bonds. The Bertz CT molecular complexity index is 271. The molecule has 0 aromatic rings. The molecule has 0 aromatic heterocycles. The van der Waals surface area contributed by atoms with Crippen molar-refractivity contribution in [3.8, 4) is 0 Å². The molecule has 2 fully saturated rings. The van der Waals surface area contributed by atoms with Crippen molar-refractivity contribution >= 4 is 6.09 Å². The van der Waals surface area contributed by atoms with Gasteiger partial charge in [0.1, 0.15) is 5.60 Å². The van der Waals surface area contributed by atoms with Crippen molar-refractivity contribution in [2.45, 2.75) is 63.8 Å². The number of aliphatic hydroxyl groups excluding tert-OH is 1. The molecule has 0 aromatic carbocycles. The van der Waals surface area contributed by atoms with Gasteiger partial charge in [-0.25, -0.2) is 4.79 Å². The summed E-state index contributed by atoms with van der Waals surface area (Å²) in [5, 5.41) is 9.69. The second-order valence-electron chi connectivity index (χ2n) is 5.49. The maximum absolute atomic E-state index is 11.9. The van der Waals surface area contributed by atoms with Gasteiger partial charge in [-0.15, -0.1) is 0 Å². The summed E-state index contributed by atoms with van der Waals surface area (Å²) >= 11 is 0. The van der Waals surface area contributed by atoms with E-state index < -0.39 is 5.60 Å². The van der Waals surface area contributed by atoms with Gasteiger partial charge >= 0.3 is 6.09 Å². The predicted molar refractivity (Wildman–Crippen MR) is 55.5 cm³/mol. The monoisotopic (exact) mass is 213 g/mol. The molecular weight excluding hydrogens is 194 g/mol. The van der Waals surface area contributed by atoms with Crippen molar-refractivity contribution in [1.82, 2.24) is 4.90 Å². The second-order valence-corrected chi connectivity index (χ2v) is 5.49. The molecule has 0 spiro atoms. The summed E-state index contributed by atoms with van der Waals surface area (Å²) in [4.78, 5) is 13.6. The number of nitrogens with zero attached hydrogens (tertiary/aromatic N) is 1. The maximum Gasteiger partial charge on any atom is 0.410 e. The Hall–Kier alpha value is -0.770. The highest BCUT2D eigenvalue weighted by atomic mass is 16.6. The fourth-order valence-corrected chi connectivity index (χ4v) is 2.56. The van der Waals surface area contributed by atoms with Crippen LogP contribution in [0.5, 0.6) is 0 Å². The van der Waals surface area contributed by atoms with Gasteiger partial charge < -0.3 is 9.84 Å². The molecule has 4 heteroatoms. The third kappa shape index (κ3) is 1.95. The first kappa shape index (κ1) is 10.7. The summed E-state index contributed by atoms with van der Waals surface area (Å²) in [6, 6.07) is 0.185. The van der Waals surface area contributed by atoms with Crippen LogP contribution in [0.4, 0.5) is 4.79 Å². The van der Waals surface area contributed by atoms with E-state index in [1.54, 1.807) is 4.90 Å². The molecule has 2 saturated heterocycles. The van der Waals surface area contributed by atoms with Crippen LogP contribution in [0, 0.1) is 0 Å². The Kier molecular flexibility index (Phi) is 2.41. The quantitative estimate of drug-likeness (QED) is 0.663. The lowest BCUT2D eigenvalue weighted by Crippen LogP contribution is -2.41. The molecule has 2 aliphatic heterocycles. The molecule has 4 nitrogen and oxygen atoms in total. The van der Waals surface area contributed by atoms with E-state index in [2.05, 4.69) is 0 Å². The molecule has 0 radical (unpaired) electrons. The number of hydrogen-bond donors (Lipinski definition) is 1. The Morgan fingerprint density at radius 3 is 2.47 bits per heavy atom. The Morgan fingerprint density at radius 1 is 1.40 bits per heavy atom. The third-order valence-electron chi connectivity index (χ3n) is 3.11. The molecule has 1 N–H and O–H groups in total. The van der Waals surface area contributed by atoms with E-state index in [1.165, 1.54) is 0 Å². The third-order valence-corrected chi connectivity index (χ3v) is 3.11. The molecule has 3 atom stereocenters. The van der Waals surface area contributed by atoms with Gasteiger partial charge in [0, 0.05) is 6.04 Å². The van der Waals surface area contributed by atoms with Crippen LogP contribution in [-0.2, 0) is 4.74 Å². The van der Waals surface area contributed by atoms with E-state index in [-0.39, 0.29) is 24.3 Å². The lowest BCUT2D eigenvalue weighted by atomic mass is 9.98. The first-order chi connectivity index (χ1) is 6.88. The number of ether oxygens (including phenoxy) is 1. The van der Waals surface area contributed by atoms with Crippen molar-refractivity contribution in [1.29, 1.82) is 0 Å². The largest absolute Gasteiger partial charge is 0.444 e. The zero-order valence-electron chi connectivity index (χ0n) is 9.56. The minimum absolute atomic E-state index is 0.00940. The summed E-state index contributed by atoms with van der Waals surface area (Å²) in [5.74, 6) is 0. The zero-order valence-corrected chi connectivity index (χ0v) is 9.56. The Morgan fingerprint density at radius 2 is 2.07 bits per heavy atom. The van der Waals surface area contributed by atoms with Crippen molar-refractivity contribution < 1.29 is 14.6 Å². The van der Waals surface area contributed by atoms with Crippen LogP contribution in [0.2, 0.25) is 0 Å². The lowest BCUT2D eigenvalue weighted by Gasteiger charge is -2.27. The fourth-order valence-electron chi connectivity index (χ4n) is 2.56. The van der Waals surface area contributed by atoms with Gasteiger partial charge in [-0.1, -0.05) is 0 Å². The van der Waals surface area contributed by atoms with E-state index >= 15 is 0 Å². The summed E-state index contributed by atoms with van der Waals surface area (Å²) in [6.07, 6.45) is 2.00. The highest BCUT2D eigenvalue weighted by Gasteiger charge is 2.49. The van der Waals surface area contributed by atoms with Crippen molar-refractivity contribution in [2.24, 2.45) is 0 Å². The van der Waals surface area contributed by atoms with Gasteiger partial charge in [0.05, 0.1) is 12.1 Å². The first-order valence-electron chi connectivity index (χ1n) is 5.58. The van der Waals surface area contributed by atoms with Crippen LogP contribution < -0.4 is 0 Å². The van der Waals surface area contributed by atoms with Crippen LogP contribution in [0.15, 0.2) is 0 Å². The van der Waals surface area contributed by atoms with Gasteiger partial charge in [-0.05, 0) is 40.0 Å². The van der Waals surface area contributed by atoms with Crippen LogP contribution in [0.1, 0.15) is 40.0 Å². The van der Waals surface area contributed by atoms with Gasteiger partial charge in [0.25, 0.3) is 0 Å². The smallest absolute Gasteiger partial charge is 0.410 e. The number of carbonyl (C=O) groups is 1. The van der Waals surface area contributed by atoms with E-state index in [1.807, 2.05) is 20.8 Å². The molecule has 0 aliphatic carbocycles. The topological polar surface area (TPSA) is 49.8 Å². The van der Waals surface area contributed by atoms with E-state index in [4.69, 9.17) is 4.74 Å². The van der Waals surface area contributed by atoms with Crippen molar-refractivity contribution in [3.63, 3.8) is 0 Å². The summed E-state index contributed by atoms with van der Waals surface area (Å²) in [5.41, 5.74) is -0.454. The minimum Gasteiger partial charge on any atom is -0.444 e. The van der Waals surface area contributed by atoms with Crippen LogP contribution in [0.25, 0.3) is 0 Å². The zero-order chi connectivity index (χ0) is 11.2. The molecule has 2 aliphatic rings. The maximum atomic E-state index is 11.9. The Labute approximate surface area is 90.2 Å². The van der Waals surface area contributed by atoms with Crippen LogP contribution in [0.3, 0.4) is 0 Å². The number of rotatable bonds is 0. The van der Waals surface area contributed by atoms with Gasteiger partial charge in [-0.2, -0.15) is 0 Å². The first-order valence-corrected chi connectivity index (χ1v) is 5.58. The van der Waals surface area contributed by atoms with Gasteiger partial charge in [-0.3, -0.25) is 4.90 Å². The highest BCUT2D eigenvalue weighted by Crippen LogP contribution is 2.38. The minimum atomic E-state index is -0.454. The lowest BCUT2D eigenvalue weighted by molar-refractivity contribution is 0.0170. The van der Waals surface area contributed by atoms with Crippen molar-refractivity contribution in [3.05, 3.63) is 0 Å². The van der Waals surface area contributed by atoms with Gasteiger partial charge in [0.2, 0.25) is 0 Å². The molecule has 2 heterocycles. The summed E-state index contributed by atoms with van der Waals surface area (Å²) in [7, 11) is 0. The SMILES string of the molecule is CC(C)(C)OC(=O)N1[C@H]2CC[C@H]1[C@@H](O)C2. The fraction of sp³-hybridized carbons (Fsp3) is 0.909. The number of aliphatic hydroxyl groups is 1. The summed E-state index contributed by atoms with van der Waals surface area (Å²) < 4.78 is 5.33.